The first-order valence-corrected chi connectivity index (χ1v) is 10.4. The van der Waals surface area contributed by atoms with Crippen LogP contribution in [0, 0.1) is 5.82 Å². The number of H-pyrrole nitrogens is 1. The van der Waals surface area contributed by atoms with Gasteiger partial charge in [0.2, 0.25) is 0 Å². The van der Waals surface area contributed by atoms with Gasteiger partial charge in [0.05, 0.1) is 18.0 Å². The fourth-order valence-electron chi connectivity index (χ4n) is 3.37. The molecule has 3 aromatic rings. The number of aromatic amines is 1. The van der Waals surface area contributed by atoms with E-state index >= 15 is 0 Å². The lowest BCUT2D eigenvalue weighted by Gasteiger charge is -2.26. The van der Waals surface area contributed by atoms with Gasteiger partial charge in [-0.1, -0.05) is 18.2 Å². The van der Waals surface area contributed by atoms with Crippen molar-refractivity contribution in [3.63, 3.8) is 0 Å². The van der Waals surface area contributed by atoms with Gasteiger partial charge in [0.15, 0.2) is 16.8 Å². The second-order valence-corrected chi connectivity index (χ2v) is 7.79. The number of ketones is 1. The summed E-state index contributed by atoms with van der Waals surface area (Å²) in [6.07, 6.45) is 5.38. The summed E-state index contributed by atoms with van der Waals surface area (Å²) in [5, 5.41) is 9.35. The third kappa shape index (κ3) is 4.34. The minimum Gasteiger partial charge on any atom is -0.359 e. The van der Waals surface area contributed by atoms with Crippen LogP contribution in [0.15, 0.2) is 47.8 Å². The highest BCUT2D eigenvalue weighted by molar-refractivity contribution is 7.99. The Balaban J connectivity index is 1.57. The van der Waals surface area contributed by atoms with E-state index in [2.05, 4.69) is 20.1 Å². The van der Waals surface area contributed by atoms with Crippen molar-refractivity contribution in [2.45, 2.75) is 31.0 Å². The maximum absolute atomic E-state index is 13.4. The molecular formula is C20H22FN5OS. The van der Waals surface area contributed by atoms with Crippen molar-refractivity contribution in [2.24, 2.45) is 0 Å². The van der Waals surface area contributed by atoms with Crippen LogP contribution in [-0.2, 0) is 6.54 Å². The predicted molar refractivity (Wildman–Crippen MR) is 106 cm³/mol. The molecule has 0 atom stereocenters. The Bertz CT molecular complexity index is 917. The van der Waals surface area contributed by atoms with Gasteiger partial charge >= 0.3 is 0 Å². The predicted octanol–water partition coefficient (Wildman–Crippen LogP) is 3.70. The Hall–Kier alpha value is -2.45. The van der Waals surface area contributed by atoms with E-state index in [0.29, 0.717) is 17.4 Å². The van der Waals surface area contributed by atoms with Gasteiger partial charge in [0.25, 0.3) is 0 Å². The minimum atomic E-state index is -0.287. The lowest BCUT2D eigenvalue weighted by atomic mass is 10.1. The van der Waals surface area contributed by atoms with Crippen LogP contribution in [0.3, 0.4) is 0 Å². The molecular weight excluding hydrogens is 377 g/mol. The largest absolute Gasteiger partial charge is 0.359 e. The number of nitrogens with zero attached hydrogens (tertiary/aromatic N) is 4. The van der Waals surface area contributed by atoms with E-state index in [1.807, 2.05) is 4.57 Å². The van der Waals surface area contributed by atoms with Gasteiger partial charge in [0.1, 0.15) is 5.82 Å². The van der Waals surface area contributed by atoms with Crippen molar-refractivity contribution in [3.05, 3.63) is 59.9 Å². The summed E-state index contributed by atoms with van der Waals surface area (Å²) in [6, 6.07) is 9.85. The molecule has 1 saturated heterocycles. The maximum atomic E-state index is 13.4. The average molecular weight is 399 g/mol. The van der Waals surface area contributed by atoms with Crippen molar-refractivity contribution >= 4 is 17.5 Å². The van der Waals surface area contributed by atoms with Crippen molar-refractivity contribution in [1.29, 1.82) is 0 Å². The summed E-state index contributed by atoms with van der Waals surface area (Å²) in [7, 11) is 0. The van der Waals surface area contributed by atoms with Crippen LogP contribution in [0.1, 0.15) is 35.6 Å². The fraction of sp³-hybridized carbons (Fsp3) is 0.350. The van der Waals surface area contributed by atoms with Crippen molar-refractivity contribution in [2.75, 3.05) is 18.8 Å². The van der Waals surface area contributed by atoms with Gasteiger partial charge in [-0.25, -0.2) is 4.39 Å². The molecule has 0 unspecified atom stereocenters. The van der Waals surface area contributed by atoms with Crippen LogP contribution < -0.4 is 0 Å². The number of Topliss-reactive ketones (excluding diaryl/α,β-unsaturated/α-hetero) is 1. The van der Waals surface area contributed by atoms with Gasteiger partial charge in [-0.3, -0.25) is 14.3 Å². The van der Waals surface area contributed by atoms with Crippen molar-refractivity contribution in [3.8, 4) is 5.69 Å². The third-order valence-corrected chi connectivity index (χ3v) is 5.76. The number of piperidine rings is 1. The summed E-state index contributed by atoms with van der Waals surface area (Å²) in [5.74, 6) is 0.777. The molecule has 0 amide bonds. The van der Waals surface area contributed by atoms with Gasteiger partial charge in [-0.05, 0) is 62.3 Å². The molecule has 6 nitrogen and oxygen atoms in total. The van der Waals surface area contributed by atoms with Crippen LogP contribution >= 0.6 is 11.8 Å². The number of hydrogen-bond acceptors (Lipinski definition) is 5. The molecule has 0 radical (unpaired) electrons. The average Bonchev–Trinajstić information content (AvgIpc) is 3.38. The summed E-state index contributed by atoms with van der Waals surface area (Å²) in [6.45, 7) is 2.78. The highest BCUT2D eigenvalue weighted by Gasteiger charge is 2.20. The van der Waals surface area contributed by atoms with Crippen LogP contribution in [0.2, 0.25) is 0 Å². The fourth-order valence-corrected chi connectivity index (χ4v) is 4.23. The Kier molecular flexibility index (Phi) is 5.87. The van der Waals surface area contributed by atoms with E-state index in [1.165, 1.54) is 43.2 Å². The van der Waals surface area contributed by atoms with Crippen LogP contribution in [-0.4, -0.2) is 49.3 Å². The molecule has 1 fully saturated rings. The molecule has 146 valence electrons. The Labute approximate surface area is 167 Å². The zero-order chi connectivity index (χ0) is 19.3. The molecule has 0 bridgehead atoms. The Morgan fingerprint density at radius 3 is 2.61 bits per heavy atom. The number of benzene rings is 1. The first-order chi connectivity index (χ1) is 13.7. The number of hydrogen-bond donors (Lipinski definition) is 1. The summed E-state index contributed by atoms with van der Waals surface area (Å²) >= 11 is 1.34. The topological polar surface area (TPSA) is 66.8 Å². The zero-order valence-electron chi connectivity index (χ0n) is 15.5. The van der Waals surface area contributed by atoms with E-state index in [-0.39, 0.29) is 17.4 Å². The van der Waals surface area contributed by atoms with Crippen LogP contribution in [0.5, 0.6) is 0 Å². The van der Waals surface area contributed by atoms with E-state index < -0.39 is 0 Å². The third-order valence-electron chi connectivity index (χ3n) is 4.83. The molecule has 0 saturated carbocycles. The lowest BCUT2D eigenvalue weighted by molar-refractivity contribution is 0.101. The second-order valence-electron chi connectivity index (χ2n) is 6.84. The number of halogens is 1. The van der Waals surface area contributed by atoms with Crippen molar-refractivity contribution < 1.29 is 9.18 Å². The molecule has 1 aromatic carbocycles. The molecule has 3 heterocycles. The highest BCUT2D eigenvalue weighted by atomic mass is 32.2. The van der Waals surface area contributed by atoms with Crippen molar-refractivity contribution in [1.82, 2.24) is 24.6 Å². The second kappa shape index (κ2) is 8.70. The van der Waals surface area contributed by atoms with Gasteiger partial charge in [-0.2, -0.15) is 0 Å². The van der Waals surface area contributed by atoms with Crippen LogP contribution in [0.4, 0.5) is 4.39 Å². The Morgan fingerprint density at radius 2 is 1.89 bits per heavy atom. The van der Waals surface area contributed by atoms with Crippen LogP contribution in [0.25, 0.3) is 5.69 Å². The minimum absolute atomic E-state index is 0.00115. The van der Waals surface area contributed by atoms with Gasteiger partial charge in [-0.15, -0.1) is 10.2 Å². The van der Waals surface area contributed by atoms with E-state index in [9.17, 15) is 9.18 Å². The molecule has 1 aliphatic heterocycles. The van der Waals surface area contributed by atoms with E-state index in [1.54, 1.807) is 30.5 Å². The summed E-state index contributed by atoms with van der Waals surface area (Å²) in [5.41, 5.74) is 1.38. The molecule has 1 aliphatic rings. The molecule has 28 heavy (non-hydrogen) atoms. The number of likely N-dealkylation sites (tertiary alicyclic amines) is 1. The number of rotatable bonds is 7. The summed E-state index contributed by atoms with van der Waals surface area (Å²) < 4.78 is 15.3. The number of aromatic nitrogens is 4. The monoisotopic (exact) mass is 399 g/mol. The quantitative estimate of drug-likeness (QED) is 0.485. The number of nitrogens with one attached hydrogen (secondary N) is 1. The first-order valence-electron chi connectivity index (χ1n) is 9.43. The summed E-state index contributed by atoms with van der Waals surface area (Å²) in [4.78, 5) is 17.6. The number of carbonyl (C=O) groups is 1. The number of thioether (sulfide) groups is 1. The molecule has 2 aromatic heterocycles. The normalized spacial score (nSPS) is 15.0. The molecule has 1 N–H and O–H groups in total. The number of carbonyl (C=O) groups excluding carboxylic acids is 1. The standard InChI is InChI=1S/C20H22FN5OS/c21-15-6-8-16(9-7-15)26-19(13-25-11-2-1-3-12-25)23-24-20(26)28-14-18(27)17-5-4-10-22-17/h4-10,22H,1-3,11-14H2. The highest BCUT2D eigenvalue weighted by Crippen LogP contribution is 2.24. The molecule has 0 spiro atoms. The maximum Gasteiger partial charge on any atom is 0.196 e. The molecule has 0 aliphatic carbocycles. The smallest absolute Gasteiger partial charge is 0.196 e. The van der Waals surface area contributed by atoms with E-state index in [0.717, 1.165) is 24.6 Å². The van der Waals surface area contributed by atoms with E-state index in [4.69, 9.17) is 0 Å². The van der Waals surface area contributed by atoms with Gasteiger partial charge in [0, 0.05) is 11.9 Å². The SMILES string of the molecule is O=C(CSc1nnc(CN2CCCCC2)n1-c1ccc(F)cc1)c1ccc[nH]1. The first kappa shape index (κ1) is 18.9. The molecule has 8 heteroatoms. The lowest BCUT2D eigenvalue weighted by Crippen LogP contribution is -2.30. The molecule has 4 rings (SSSR count). The van der Waals surface area contributed by atoms with Gasteiger partial charge < -0.3 is 4.98 Å². The zero-order valence-corrected chi connectivity index (χ0v) is 16.3. The Morgan fingerprint density at radius 1 is 1.11 bits per heavy atom.